The summed E-state index contributed by atoms with van der Waals surface area (Å²) < 4.78 is 5.48. The van der Waals surface area contributed by atoms with Gasteiger partial charge in [-0.3, -0.25) is 0 Å². The Morgan fingerprint density at radius 1 is 1.33 bits per heavy atom. The molecule has 2 rings (SSSR count). The van der Waals surface area contributed by atoms with Crippen molar-refractivity contribution in [1.82, 2.24) is 10.2 Å². The van der Waals surface area contributed by atoms with Crippen LogP contribution in [0.15, 0.2) is 0 Å². The molecule has 1 aliphatic heterocycles. The third kappa shape index (κ3) is 3.37. The van der Waals surface area contributed by atoms with Crippen molar-refractivity contribution >= 4 is 6.09 Å². The molecule has 1 saturated carbocycles. The highest BCUT2D eigenvalue weighted by Crippen LogP contribution is 2.27. The number of nitrogens with one attached hydrogen (secondary N) is 1. The first-order chi connectivity index (χ1) is 8.40. The Bertz CT molecular complexity index is 307. The van der Waals surface area contributed by atoms with Crippen molar-refractivity contribution in [2.24, 2.45) is 0 Å². The Morgan fingerprint density at radius 2 is 2.00 bits per heavy atom. The smallest absolute Gasteiger partial charge is 0.410 e. The van der Waals surface area contributed by atoms with Crippen molar-refractivity contribution < 1.29 is 9.53 Å². The SMILES string of the molecule is CCC1C(NC2CC2)CCN1C(=O)OC(C)(C)C. The van der Waals surface area contributed by atoms with Crippen LogP contribution >= 0.6 is 0 Å². The first-order valence-electron chi connectivity index (χ1n) is 7.16. The number of ether oxygens (including phenoxy) is 1. The second-order valence-electron chi connectivity index (χ2n) is 6.49. The van der Waals surface area contributed by atoms with Gasteiger partial charge in [-0.25, -0.2) is 4.79 Å². The van der Waals surface area contributed by atoms with Gasteiger partial charge in [-0.15, -0.1) is 0 Å². The van der Waals surface area contributed by atoms with Gasteiger partial charge in [0, 0.05) is 18.6 Å². The number of amides is 1. The van der Waals surface area contributed by atoms with Gasteiger partial charge in [0.15, 0.2) is 0 Å². The van der Waals surface area contributed by atoms with Gasteiger partial charge < -0.3 is 15.0 Å². The summed E-state index contributed by atoms with van der Waals surface area (Å²) in [5.41, 5.74) is -0.405. The molecule has 0 aromatic rings. The number of carbonyl (C=O) groups excluding carboxylic acids is 1. The first-order valence-corrected chi connectivity index (χ1v) is 7.16. The fourth-order valence-corrected chi connectivity index (χ4v) is 2.65. The van der Waals surface area contributed by atoms with Crippen molar-refractivity contribution in [3.8, 4) is 0 Å². The van der Waals surface area contributed by atoms with Gasteiger partial charge in [0.05, 0.1) is 6.04 Å². The van der Waals surface area contributed by atoms with Crippen LogP contribution < -0.4 is 5.32 Å². The van der Waals surface area contributed by atoms with Gasteiger partial charge in [0.2, 0.25) is 0 Å². The Kier molecular flexibility index (Phi) is 3.85. The molecule has 1 amide bonds. The summed E-state index contributed by atoms with van der Waals surface area (Å²) >= 11 is 0. The summed E-state index contributed by atoms with van der Waals surface area (Å²) in [5, 5.41) is 3.65. The number of hydrogen-bond donors (Lipinski definition) is 1. The van der Waals surface area contributed by atoms with Gasteiger partial charge in [-0.05, 0) is 46.5 Å². The van der Waals surface area contributed by atoms with Crippen LogP contribution in [0.3, 0.4) is 0 Å². The molecule has 4 nitrogen and oxygen atoms in total. The van der Waals surface area contributed by atoms with Gasteiger partial charge >= 0.3 is 6.09 Å². The lowest BCUT2D eigenvalue weighted by Gasteiger charge is -2.30. The molecule has 2 fully saturated rings. The maximum absolute atomic E-state index is 12.2. The van der Waals surface area contributed by atoms with Crippen LogP contribution in [-0.2, 0) is 4.74 Å². The molecule has 0 radical (unpaired) electrons. The van der Waals surface area contributed by atoms with E-state index in [1.165, 1.54) is 12.8 Å². The predicted molar refractivity (Wildman–Crippen MR) is 71.6 cm³/mol. The highest BCUT2D eigenvalue weighted by Gasteiger charge is 2.39. The van der Waals surface area contributed by atoms with Gasteiger partial charge in [0.1, 0.15) is 5.60 Å². The monoisotopic (exact) mass is 254 g/mol. The van der Waals surface area contributed by atoms with Crippen LogP contribution in [0.2, 0.25) is 0 Å². The van der Waals surface area contributed by atoms with Crippen LogP contribution in [0.1, 0.15) is 53.4 Å². The van der Waals surface area contributed by atoms with Crippen molar-refractivity contribution in [1.29, 1.82) is 0 Å². The molecular formula is C14H26N2O2. The van der Waals surface area contributed by atoms with E-state index in [0.717, 1.165) is 19.4 Å². The molecule has 104 valence electrons. The Balaban J connectivity index is 1.93. The summed E-state index contributed by atoms with van der Waals surface area (Å²) in [7, 11) is 0. The van der Waals surface area contributed by atoms with Crippen LogP contribution in [0.4, 0.5) is 4.79 Å². The quantitative estimate of drug-likeness (QED) is 0.841. The van der Waals surface area contributed by atoms with Crippen LogP contribution in [0, 0.1) is 0 Å². The number of carbonyl (C=O) groups is 1. The highest BCUT2D eigenvalue weighted by atomic mass is 16.6. The standard InChI is InChI=1S/C14H26N2O2/c1-5-12-11(15-10-6-7-10)8-9-16(12)13(17)18-14(2,3)4/h10-12,15H,5-9H2,1-4H3. The number of nitrogens with zero attached hydrogens (tertiary/aromatic N) is 1. The summed E-state index contributed by atoms with van der Waals surface area (Å²) in [4.78, 5) is 14.1. The zero-order valence-electron chi connectivity index (χ0n) is 12.0. The largest absolute Gasteiger partial charge is 0.444 e. The molecule has 18 heavy (non-hydrogen) atoms. The second-order valence-corrected chi connectivity index (χ2v) is 6.49. The zero-order valence-corrected chi connectivity index (χ0v) is 12.0. The highest BCUT2D eigenvalue weighted by molar-refractivity contribution is 5.69. The number of hydrogen-bond acceptors (Lipinski definition) is 3. The van der Waals surface area contributed by atoms with E-state index in [0.29, 0.717) is 18.1 Å². The third-order valence-corrected chi connectivity index (χ3v) is 3.62. The van der Waals surface area contributed by atoms with Crippen molar-refractivity contribution in [2.45, 2.75) is 77.1 Å². The first kappa shape index (κ1) is 13.7. The molecule has 2 aliphatic rings. The summed E-state index contributed by atoms with van der Waals surface area (Å²) in [6, 6.07) is 1.44. The Labute approximate surface area is 110 Å². The topological polar surface area (TPSA) is 41.6 Å². The summed E-state index contributed by atoms with van der Waals surface area (Å²) in [6.07, 6.45) is 4.46. The molecule has 1 heterocycles. The second kappa shape index (κ2) is 5.08. The maximum atomic E-state index is 12.2. The average molecular weight is 254 g/mol. The lowest BCUT2D eigenvalue weighted by atomic mass is 10.1. The van der Waals surface area contributed by atoms with E-state index in [1.807, 2.05) is 25.7 Å². The molecule has 2 atom stereocenters. The minimum Gasteiger partial charge on any atom is -0.444 e. The minimum absolute atomic E-state index is 0.158. The average Bonchev–Trinajstić information content (AvgIpc) is 2.94. The molecule has 0 bridgehead atoms. The predicted octanol–water partition coefficient (Wildman–Crippen LogP) is 2.53. The normalized spacial score (nSPS) is 28.6. The van der Waals surface area contributed by atoms with Gasteiger partial charge in [-0.2, -0.15) is 0 Å². The molecule has 0 spiro atoms. The fraction of sp³-hybridized carbons (Fsp3) is 0.929. The molecule has 0 aromatic heterocycles. The van der Waals surface area contributed by atoms with E-state index in [4.69, 9.17) is 4.74 Å². The van der Waals surface area contributed by atoms with E-state index in [1.54, 1.807) is 0 Å². The lowest BCUT2D eigenvalue weighted by Crippen LogP contribution is -2.46. The fourth-order valence-electron chi connectivity index (χ4n) is 2.65. The van der Waals surface area contributed by atoms with Crippen molar-refractivity contribution in [3.05, 3.63) is 0 Å². The van der Waals surface area contributed by atoms with Gasteiger partial charge in [-0.1, -0.05) is 6.92 Å². The molecule has 1 aliphatic carbocycles. The Morgan fingerprint density at radius 3 is 2.50 bits per heavy atom. The minimum atomic E-state index is -0.405. The van der Waals surface area contributed by atoms with Crippen molar-refractivity contribution in [2.75, 3.05) is 6.54 Å². The van der Waals surface area contributed by atoms with Gasteiger partial charge in [0.25, 0.3) is 0 Å². The summed E-state index contributed by atoms with van der Waals surface area (Å²) in [5.74, 6) is 0. The van der Waals surface area contributed by atoms with Crippen LogP contribution in [0.5, 0.6) is 0 Å². The van der Waals surface area contributed by atoms with E-state index in [-0.39, 0.29) is 6.09 Å². The Hall–Kier alpha value is -0.770. The van der Waals surface area contributed by atoms with E-state index in [9.17, 15) is 4.79 Å². The molecule has 4 heteroatoms. The third-order valence-electron chi connectivity index (χ3n) is 3.62. The lowest BCUT2D eigenvalue weighted by molar-refractivity contribution is 0.0212. The molecule has 0 aromatic carbocycles. The van der Waals surface area contributed by atoms with Crippen LogP contribution in [0.25, 0.3) is 0 Å². The van der Waals surface area contributed by atoms with E-state index < -0.39 is 5.60 Å². The van der Waals surface area contributed by atoms with Crippen molar-refractivity contribution in [3.63, 3.8) is 0 Å². The van der Waals surface area contributed by atoms with Crippen LogP contribution in [-0.4, -0.2) is 41.3 Å². The molecule has 1 N–H and O–H groups in total. The zero-order chi connectivity index (χ0) is 13.3. The molecule has 2 unspecified atom stereocenters. The van der Waals surface area contributed by atoms with E-state index in [2.05, 4.69) is 12.2 Å². The number of rotatable bonds is 3. The number of likely N-dealkylation sites (tertiary alicyclic amines) is 1. The summed E-state index contributed by atoms with van der Waals surface area (Å²) in [6.45, 7) is 8.72. The molecule has 1 saturated heterocycles. The van der Waals surface area contributed by atoms with E-state index >= 15 is 0 Å². The maximum Gasteiger partial charge on any atom is 0.410 e. The molecular weight excluding hydrogens is 228 g/mol.